The number of hydrogen-bond acceptors (Lipinski definition) is 7. The molecule has 1 unspecified atom stereocenters. The molecule has 0 spiro atoms. The first-order valence-electron chi connectivity index (χ1n) is 11.2. The van der Waals surface area contributed by atoms with Gasteiger partial charge in [-0.2, -0.15) is 0 Å². The van der Waals surface area contributed by atoms with Crippen molar-refractivity contribution in [3.8, 4) is 11.5 Å². The van der Waals surface area contributed by atoms with Crippen molar-refractivity contribution in [3.05, 3.63) is 53.1 Å². The summed E-state index contributed by atoms with van der Waals surface area (Å²) in [5, 5.41) is 33.6. The van der Waals surface area contributed by atoms with Gasteiger partial charge in [0.15, 0.2) is 6.61 Å². The molecule has 2 aliphatic rings. The Kier molecular flexibility index (Phi) is 7.45. The third-order valence-corrected chi connectivity index (χ3v) is 6.50. The largest absolute Gasteiger partial charge is 0.508 e. The zero-order valence-corrected chi connectivity index (χ0v) is 19.3. The number of likely N-dealkylation sites (tertiary alicyclic amines) is 1. The summed E-state index contributed by atoms with van der Waals surface area (Å²) in [5.41, 5.74) is 1.15. The highest BCUT2D eigenvalue weighted by Gasteiger charge is 2.35. The van der Waals surface area contributed by atoms with E-state index in [0.717, 1.165) is 12.8 Å². The highest BCUT2D eigenvalue weighted by molar-refractivity contribution is 6.30. The van der Waals surface area contributed by atoms with Crippen molar-refractivity contribution >= 4 is 29.2 Å². The van der Waals surface area contributed by atoms with E-state index in [1.54, 1.807) is 24.3 Å². The first-order chi connectivity index (χ1) is 16.3. The Balaban J connectivity index is 1.33. The lowest BCUT2D eigenvalue weighted by Crippen LogP contribution is -2.50. The van der Waals surface area contributed by atoms with Crippen molar-refractivity contribution in [2.45, 2.75) is 31.0 Å². The van der Waals surface area contributed by atoms with Crippen LogP contribution in [0.25, 0.3) is 0 Å². The highest BCUT2D eigenvalue weighted by Crippen LogP contribution is 2.34. The van der Waals surface area contributed by atoms with Crippen LogP contribution in [0.4, 0.5) is 5.69 Å². The molecule has 34 heavy (non-hydrogen) atoms. The van der Waals surface area contributed by atoms with Crippen LogP contribution in [0.15, 0.2) is 42.5 Å². The Morgan fingerprint density at radius 2 is 1.79 bits per heavy atom. The van der Waals surface area contributed by atoms with Gasteiger partial charge >= 0.3 is 5.97 Å². The van der Waals surface area contributed by atoms with E-state index in [4.69, 9.17) is 21.4 Å². The lowest BCUT2D eigenvalue weighted by Gasteiger charge is -2.34. The van der Waals surface area contributed by atoms with Crippen molar-refractivity contribution in [1.29, 1.82) is 0 Å². The summed E-state index contributed by atoms with van der Waals surface area (Å²) < 4.78 is 5.36. The number of benzene rings is 2. The van der Waals surface area contributed by atoms with Crippen LogP contribution in [-0.2, 0) is 4.79 Å². The van der Waals surface area contributed by atoms with Gasteiger partial charge in [0.2, 0.25) is 0 Å². The highest BCUT2D eigenvalue weighted by atomic mass is 35.5. The predicted octanol–water partition coefficient (Wildman–Crippen LogP) is 1.95. The topological polar surface area (TPSA) is 123 Å². The number of nitrogens with zero attached hydrogens (tertiary/aromatic N) is 2. The van der Waals surface area contributed by atoms with E-state index in [9.17, 15) is 19.8 Å². The van der Waals surface area contributed by atoms with Crippen molar-refractivity contribution in [2.75, 3.05) is 37.7 Å². The number of carboxylic acids is 1. The predicted molar refractivity (Wildman–Crippen MR) is 127 cm³/mol. The molecule has 1 amide bonds. The summed E-state index contributed by atoms with van der Waals surface area (Å²) in [7, 11) is 0. The maximum atomic E-state index is 12.7. The number of aromatic hydroxyl groups is 1. The number of amides is 1. The number of aliphatic hydroxyl groups excluding tert-OH is 1. The molecule has 4 rings (SSSR count). The van der Waals surface area contributed by atoms with Gasteiger partial charge in [-0.3, -0.25) is 4.79 Å². The molecular formula is C24H28ClN3O6. The summed E-state index contributed by atoms with van der Waals surface area (Å²) in [5.74, 6) is -0.746. The second-order valence-electron chi connectivity index (χ2n) is 8.65. The average Bonchev–Trinajstić information content (AvgIpc) is 3.18. The van der Waals surface area contributed by atoms with E-state index in [1.807, 2.05) is 9.80 Å². The third-order valence-electron chi connectivity index (χ3n) is 6.25. The van der Waals surface area contributed by atoms with Gasteiger partial charge in [-0.1, -0.05) is 11.6 Å². The van der Waals surface area contributed by atoms with Gasteiger partial charge in [0.25, 0.3) is 5.91 Å². The Labute approximate surface area is 202 Å². The molecule has 0 radical (unpaired) electrons. The molecule has 0 bridgehead atoms. The molecule has 0 aromatic heterocycles. The summed E-state index contributed by atoms with van der Waals surface area (Å²) in [6.45, 7) is 1.52. The molecule has 2 fully saturated rings. The number of phenolic OH excluding ortho intramolecular Hbond substituents is 1. The molecule has 10 heteroatoms. The summed E-state index contributed by atoms with van der Waals surface area (Å²) in [4.78, 5) is 27.3. The van der Waals surface area contributed by atoms with Gasteiger partial charge < -0.3 is 35.2 Å². The number of aliphatic hydroxyl groups is 1. The Bertz CT molecular complexity index is 1030. The number of anilines is 1. The fourth-order valence-electron chi connectivity index (χ4n) is 4.49. The number of carbonyl (C=O) groups is 2. The monoisotopic (exact) mass is 489 g/mol. The zero-order valence-electron chi connectivity index (χ0n) is 18.6. The van der Waals surface area contributed by atoms with Crippen LogP contribution in [-0.4, -0.2) is 83.1 Å². The van der Waals surface area contributed by atoms with E-state index in [1.165, 1.54) is 18.2 Å². The SMILES string of the molecule is O=C(O)COc1ccc(O)cc1N1CC(NC2CCN(C(=O)c3ccc(Cl)cc3)CC2)[C@H](O)C1. The number of β-amino-alcohol motifs (C(OH)–C–C–N with tert-alkyl or cyclic N) is 1. The first-order valence-corrected chi connectivity index (χ1v) is 11.6. The van der Waals surface area contributed by atoms with Gasteiger partial charge in [0, 0.05) is 48.9 Å². The maximum Gasteiger partial charge on any atom is 0.341 e. The minimum atomic E-state index is -1.10. The molecule has 182 valence electrons. The van der Waals surface area contributed by atoms with E-state index in [0.29, 0.717) is 48.2 Å². The number of carboxylic acid groups (broad SMARTS) is 1. The average molecular weight is 490 g/mol. The fraction of sp³-hybridized carbons (Fsp3) is 0.417. The van der Waals surface area contributed by atoms with E-state index in [-0.39, 0.29) is 23.7 Å². The molecule has 0 saturated carbocycles. The second-order valence-corrected chi connectivity index (χ2v) is 9.09. The molecule has 4 N–H and O–H groups in total. The maximum absolute atomic E-state index is 12.7. The zero-order chi connectivity index (χ0) is 24.2. The number of rotatable bonds is 7. The van der Waals surface area contributed by atoms with Crippen molar-refractivity contribution < 1.29 is 29.6 Å². The van der Waals surface area contributed by atoms with Crippen LogP contribution in [0.1, 0.15) is 23.2 Å². The molecule has 9 nitrogen and oxygen atoms in total. The van der Waals surface area contributed by atoms with Crippen LogP contribution in [0, 0.1) is 0 Å². The molecule has 2 atom stereocenters. The number of halogens is 1. The molecule has 2 aliphatic heterocycles. The van der Waals surface area contributed by atoms with Gasteiger partial charge in [-0.25, -0.2) is 4.79 Å². The Hall–Kier alpha value is -3.01. The Morgan fingerprint density at radius 3 is 2.47 bits per heavy atom. The quantitative estimate of drug-likeness (QED) is 0.465. The smallest absolute Gasteiger partial charge is 0.341 e. The third kappa shape index (κ3) is 5.72. The molecule has 2 aromatic rings. The number of carbonyl (C=O) groups excluding carboxylic acids is 1. The number of ether oxygens (including phenoxy) is 1. The number of piperidine rings is 1. The van der Waals surface area contributed by atoms with Crippen LogP contribution in [0.3, 0.4) is 0 Å². The van der Waals surface area contributed by atoms with Crippen LogP contribution in [0.2, 0.25) is 5.02 Å². The summed E-state index contributed by atoms with van der Waals surface area (Å²) in [6.07, 6.45) is 0.881. The lowest BCUT2D eigenvalue weighted by atomic mass is 10.0. The number of hydrogen-bond donors (Lipinski definition) is 4. The normalized spacial score (nSPS) is 21.0. The van der Waals surface area contributed by atoms with Gasteiger partial charge in [0.1, 0.15) is 11.5 Å². The van der Waals surface area contributed by atoms with Crippen molar-refractivity contribution in [3.63, 3.8) is 0 Å². The van der Waals surface area contributed by atoms with Crippen molar-refractivity contribution in [1.82, 2.24) is 10.2 Å². The lowest BCUT2D eigenvalue weighted by molar-refractivity contribution is -0.139. The van der Waals surface area contributed by atoms with Crippen LogP contribution < -0.4 is 15.0 Å². The number of phenols is 1. The van der Waals surface area contributed by atoms with Gasteiger partial charge in [-0.05, 0) is 49.2 Å². The molecule has 2 heterocycles. The standard InChI is InChI=1S/C24H28ClN3O6/c25-16-3-1-15(2-4-16)24(33)27-9-7-17(8-10-27)26-19-12-28(13-21(19)30)20-11-18(29)5-6-22(20)34-14-23(31)32/h1-6,11,17,19,21,26,29-30H,7-10,12-14H2,(H,31,32)/t19?,21-/m1/s1. The van der Waals surface area contributed by atoms with Crippen molar-refractivity contribution in [2.24, 2.45) is 0 Å². The van der Waals surface area contributed by atoms with E-state index in [2.05, 4.69) is 5.32 Å². The number of aliphatic carboxylic acids is 1. The molecule has 0 aliphatic carbocycles. The minimum absolute atomic E-state index is 0.0139. The van der Waals surface area contributed by atoms with E-state index < -0.39 is 18.7 Å². The van der Waals surface area contributed by atoms with Gasteiger partial charge in [-0.15, -0.1) is 0 Å². The molecular weight excluding hydrogens is 462 g/mol. The minimum Gasteiger partial charge on any atom is -0.508 e. The van der Waals surface area contributed by atoms with Gasteiger partial charge in [0.05, 0.1) is 17.8 Å². The van der Waals surface area contributed by atoms with Crippen LogP contribution in [0.5, 0.6) is 11.5 Å². The Morgan fingerprint density at radius 1 is 1.09 bits per heavy atom. The number of nitrogens with one attached hydrogen (secondary N) is 1. The summed E-state index contributed by atoms with van der Waals surface area (Å²) >= 11 is 5.91. The summed E-state index contributed by atoms with van der Waals surface area (Å²) in [6, 6.07) is 11.3. The van der Waals surface area contributed by atoms with E-state index >= 15 is 0 Å². The molecule has 2 aromatic carbocycles. The van der Waals surface area contributed by atoms with Crippen LogP contribution >= 0.6 is 11.6 Å². The second kappa shape index (κ2) is 10.5. The first kappa shape index (κ1) is 24.1. The fourth-order valence-corrected chi connectivity index (χ4v) is 4.61. The molecule has 2 saturated heterocycles.